The Morgan fingerprint density at radius 1 is 1.14 bits per heavy atom. The number of ether oxygens (including phenoxy) is 1. The van der Waals surface area contributed by atoms with E-state index in [0.29, 0.717) is 16.8 Å². The normalized spacial score (nSPS) is 14.2. The fourth-order valence-electron chi connectivity index (χ4n) is 1.96. The number of nitrogens with one attached hydrogen (secondary N) is 1. The maximum Gasteiger partial charge on any atom is 0.146 e. The average Bonchev–Trinajstić information content (AvgIpc) is 3.25. The first-order chi connectivity index (χ1) is 10.1. The molecule has 0 spiro atoms. The van der Waals surface area contributed by atoms with Crippen LogP contribution in [0.3, 0.4) is 0 Å². The first-order valence-electron chi connectivity index (χ1n) is 6.76. The number of hydrogen-bond donors (Lipinski definition) is 1. The van der Waals surface area contributed by atoms with E-state index in [1.807, 2.05) is 30.3 Å². The van der Waals surface area contributed by atoms with Gasteiger partial charge in [0.15, 0.2) is 0 Å². The van der Waals surface area contributed by atoms with Gasteiger partial charge in [-0.15, -0.1) is 0 Å². The summed E-state index contributed by atoms with van der Waals surface area (Å²) in [5.74, 6) is 1.41. The molecule has 0 aromatic heterocycles. The Labute approximate surface area is 146 Å². The van der Waals surface area contributed by atoms with Crippen LogP contribution >= 0.6 is 43.5 Å². The summed E-state index contributed by atoms with van der Waals surface area (Å²) in [6, 6.07) is 12.3. The van der Waals surface area contributed by atoms with Gasteiger partial charge < -0.3 is 10.1 Å². The molecule has 0 unspecified atom stereocenters. The highest BCUT2D eigenvalue weighted by atomic mass is 79.9. The number of hydrogen-bond acceptors (Lipinski definition) is 2. The monoisotopic (exact) mass is 429 g/mol. The van der Waals surface area contributed by atoms with Crippen LogP contribution in [-0.4, -0.2) is 6.04 Å². The number of halogens is 3. The first-order valence-corrected chi connectivity index (χ1v) is 8.73. The Morgan fingerprint density at radius 3 is 2.62 bits per heavy atom. The summed E-state index contributed by atoms with van der Waals surface area (Å²) >= 11 is 13.1. The molecule has 2 aromatic rings. The van der Waals surface area contributed by atoms with Gasteiger partial charge in [-0.05, 0) is 48.7 Å². The summed E-state index contributed by atoms with van der Waals surface area (Å²) in [4.78, 5) is 0. The fourth-order valence-corrected chi connectivity index (χ4v) is 3.17. The second-order valence-electron chi connectivity index (χ2n) is 5.09. The number of benzene rings is 2. The minimum Gasteiger partial charge on any atom is -0.456 e. The SMILES string of the molecule is Clc1cc(Br)ccc1Oc1ccc(CNC2CC2)c(Br)c1. The van der Waals surface area contributed by atoms with Gasteiger partial charge in [0.05, 0.1) is 5.02 Å². The van der Waals surface area contributed by atoms with Crippen LogP contribution in [0.1, 0.15) is 18.4 Å². The lowest BCUT2D eigenvalue weighted by molar-refractivity contribution is 0.482. The summed E-state index contributed by atoms with van der Waals surface area (Å²) in [6.07, 6.45) is 2.59. The maximum atomic E-state index is 6.17. The van der Waals surface area contributed by atoms with Crippen LogP contribution in [0.25, 0.3) is 0 Å². The summed E-state index contributed by atoms with van der Waals surface area (Å²) < 4.78 is 7.81. The van der Waals surface area contributed by atoms with Crippen LogP contribution in [0.15, 0.2) is 45.3 Å². The molecule has 0 saturated heterocycles. The van der Waals surface area contributed by atoms with Crippen molar-refractivity contribution >= 4 is 43.5 Å². The zero-order valence-corrected chi connectivity index (χ0v) is 15.1. The molecule has 0 bridgehead atoms. The van der Waals surface area contributed by atoms with E-state index in [-0.39, 0.29) is 0 Å². The molecule has 3 rings (SSSR count). The van der Waals surface area contributed by atoms with Crippen LogP contribution < -0.4 is 10.1 Å². The molecule has 1 saturated carbocycles. The molecule has 21 heavy (non-hydrogen) atoms. The molecule has 0 aliphatic heterocycles. The van der Waals surface area contributed by atoms with Crippen molar-refractivity contribution in [1.82, 2.24) is 5.32 Å². The predicted octanol–water partition coefficient (Wildman–Crippen LogP) is 5.91. The van der Waals surface area contributed by atoms with Crippen molar-refractivity contribution in [3.63, 3.8) is 0 Å². The van der Waals surface area contributed by atoms with Gasteiger partial charge in [0.1, 0.15) is 11.5 Å². The molecule has 1 fully saturated rings. The molecular weight excluding hydrogens is 417 g/mol. The van der Waals surface area contributed by atoms with Crippen LogP contribution in [0.5, 0.6) is 11.5 Å². The third-order valence-electron chi connectivity index (χ3n) is 3.30. The maximum absolute atomic E-state index is 6.17. The summed E-state index contributed by atoms with van der Waals surface area (Å²) in [5, 5.41) is 4.08. The van der Waals surface area contributed by atoms with Crippen LogP contribution in [0.4, 0.5) is 0 Å². The van der Waals surface area contributed by atoms with Gasteiger partial charge in [0, 0.05) is 21.5 Å². The lowest BCUT2D eigenvalue weighted by atomic mass is 10.2. The molecule has 0 atom stereocenters. The highest BCUT2D eigenvalue weighted by Gasteiger charge is 2.20. The van der Waals surface area contributed by atoms with E-state index >= 15 is 0 Å². The van der Waals surface area contributed by atoms with E-state index in [1.54, 1.807) is 0 Å². The van der Waals surface area contributed by atoms with Gasteiger partial charge >= 0.3 is 0 Å². The average molecular weight is 432 g/mol. The Kier molecular flexibility index (Phi) is 4.89. The Bertz CT molecular complexity index is 659. The zero-order chi connectivity index (χ0) is 14.8. The molecule has 1 N–H and O–H groups in total. The van der Waals surface area contributed by atoms with Crippen molar-refractivity contribution in [2.45, 2.75) is 25.4 Å². The molecule has 1 aliphatic carbocycles. The second kappa shape index (κ2) is 6.69. The number of rotatable bonds is 5. The lowest BCUT2D eigenvalue weighted by Crippen LogP contribution is -2.15. The van der Waals surface area contributed by atoms with Crippen molar-refractivity contribution < 1.29 is 4.74 Å². The molecule has 2 aromatic carbocycles. The van der Waals surface area contributed by atoms with Gasteiger partial charge in [-0.1, -0.05) is 49.5 Å². The van der Waals surface area contributed by atoms with Crippen molar-refractivity contribution in [2.24, 2.45) is 0 Å². The van der Waals surface area contributed by atoms with Crippen molar-refractivity contribution in [3.8, 4) is 11.5 Å². The summed E-state index contributed by atoms with van der Waals surface area (Å²) in [5.41, 5.74) is 1.23. The minimum atomic E-state index is 0.583. The van der Waals surface area contributed by atoms with E-state index in [4.69, 9.17) is 16.3 Å². The zero-order valence-electron chi connectivity index (χ0n) is 11.2. The van der Waals surface area contributed by atoms with Gasteiger partial charge in [-0.2, -0.15) is 0 Å². The van der Waals surface area contributed by atoms with E-state index in [2.05, 4.69) is 43.2 Å². The van der Waals surface area contributed by atoms with E-state index in [9.17, 15) is 0 Å². The van der Waals surface area contributed by atoms with Gasteiger partial charge in [0.25, 0.3) is 0 Å². The standard InChI is InChI=1S/C16H14Br2ClNO/c17-11-2-6-16(15(19)7-11)21-13-5-1-10(14(18)8-13)9-20-12-3-4-12/h1-2,5-8,12,20H,3-4,9H2. The lowest BCUT2D eigenvalue weighted by Gasteiger charge is -2.11. The fraction of sp³-hybridized carbons (Fsp3) is 0.250. The van der Waals surface area contributed by atoms with E-state index in [1.165, 1.54) is 18.4 Å². The van der Waals surface area contributed by atoms with Crippen molar-refractivity contribution in [1.29, 1.82) is 0 Å². The summed E-state index contributed by atoms with van der Waals surface area (Å²) in [6.45, 7) is 0.880. The Hall–Kier alpha value is -0.550. The van der Waals surface area contributed by atoms with Crippen LogP contribution in [-0.2, 0) is 6.54 Å². The van der Waals surface area contributed by atoms with Crippen molar-refractivity contribution in [3.05, 3.63) is 55.9 Å². The largest absolute Gasteiger partial charge is 0.456 e. The Morgan fingerprint density at radius 2 is 1.95 bits per heavy atom. The van der Waals surface area contributed by atoms with E-state index < -0.39 is 0 Å². The van der Waals surface area contributed by atoms with Crippen molar-refractivity contribution in [2.75, 3.05) is 0 Å². The third kappa shape index (κ3) is 4.22. The van der Waals surface area contributed by atoms with Gasteiger partial charge in [-0.25, -0.2) is 0 Å². The minimum absolute atomic E-state index is 0.583. The molecular formula is C16H14Br2ClNO. The van der Waals surface area contributed by atoms with E-state index in [0.717, 1.165) is 21.2 Å². The molecule has 2 nitrogen and oxygen atoms in total. The molecule has 110 valence electrons. The highest BCUT2D eigenvalue weighted by Crippen LogP contribution is 2.33. The first kappa shape index (κ1) is 15.3. The topological polar surface area (TPSA) is 21.3 Å². The Balaban J connectivity index is 1.71. The van der Waals surface area contributed by atoms with Gasteiger partial charge in [0.2, 0.25) is 0 Å². The molecule has 5 heteroatoms. The predicted molar refractivity (Wildman–Crippen MR) is 93.2 cm³/mol. The molecule has 0 radical (unpaired) electrons. The third-order valence-corrected chi connectivity index (χ3v) is 4.83. The molecule has 0 heterocycles. The van der Waals surface area contributed by atoms with Crippen LogP contribution in [0, 0.1) is 0 Å². The second-order valence-corrected chi connectivity index (χ2v) is 7.26. The van der Waals surface area contributed by atoms with Gasteiger partial charge in [-0.3, -0.25) is 0 Å². The summed E-state index contributed by atoms with van der Waals surface area (Å²) in [7, 11) is 0. The molecule has 1 aliphatic rings. The smallest absolute Gasteiger partial charge is 0.146 e. The van der Waals surface area contributed by atoms with Crippen LogP contribution in [0.2, 0.25) is 5.02 Å². The quantitative estimate of drug-likeness (QED) is 0.636. The highest BCUT2D eigenvalue weighted by molar-refractivity contribution is 9.10. The molecule has 0 amide bonds.